The largest absolute Gasteiger partial charge is 0.790 e. The van der Waals surface area contributed by atoms with E-state index in [0.717, 1.165) is 53.7 Å². The maximum Gasteiger partial charge on any atom is 0.274 e. The van der Waals surface area contributed by atoms with E-state index in [4.69, 9.17) is 10.5 Å². The summed E-state index contributed by atoms with van der Waals surface area (Å²) >= 11 is 1.08. The molecule has 1 aliphatic rings. The summed E-state index contributed by atoms with van der Waals surface area (Å²) in [5.74, 6) is 0.853. The van der Waals surface area contributed by atoms with Crippen molar-refractivity contribution in [2.75, 3.05) is 37.8 Å². The summed E-state index contributed by atoms with van der Waals surface area (Å²) in [5, 5.41) is 26.4. The number of amides is 2. The van der Waals surface area contributed by atoms with E-state index in [9.17, 15) is 57.9 Å². The molecule has 1 aliphatic heterocycles. The summed E-state index contributed by atoms with van der Waals surface area (Å²) in [5.41, 5.74) is 4.74. The van der Waals surface area contributed by atoms with E-state index in [-0.39, 0.29) is 41.6 Å². The molecular weight excluding hydrogens is 975 g/mol. The van der Waals surface area contributed by atoms with E-state index in [0.29, 0.717) is 17.2 Å². The molecule has 0 aromatic carbocycles. The number of phosphoric acid groups is 3. The molecule has 3 heterocycles. The number of ether oxygens (including phenoxy) is 1. The molecule has 0 saturated carbocycles. The Balaban J connectivity index is 1.36. The zero-order valence-electron chi connectivity index (χ0n) is 39.4. The Hall–Kier alpha value is -2.70. The standard InChI is InChI=1S/C40H70N7O17P3S/c1-25(2)11-8-12-26(3)13-9-14-27(4)15-10-16-28(5)39(52)68-20-19-42-30(48)17-18-43-37(51)34(50)40(6,7)22-61-67(58,59)64-66(56,57)60-21-29-33(63-65(53,54)55)32(49)38(62-29)47-24-46-31-35(41)44-23-45-36(31)47/h16,23-27,29,32-34,38,49-50H,8-15,17-22H2,1-7H3,(H,42,48)(H,43,51)(H,56,57)(H,58,59)(H2,41,44,45)(H2,53,54,55)/p-4/b28-16+/t26?,27?,29-,32-,33-,34+,38-/m1/s1. The monoisotopic (exact) mass is 1040 g/mol. The van der Waals surface area contributed by atoms with Crippen LogP contribution in [-0.2, 0) is 50.7 Å². The number of carbonyl (C=O) groups is 3. The molecule has 4 unspecified atom stereocenters. The van der Waals surface area contributed by atoms with Gasteiger partial charge < -0.3 is 69.0 Å². The average molecular weight is 1040 g/mol. The van der Waals surface area contributed by atoms with Crippen molar-refractivity contribution in [2.45, 2.75) is 137 Å². The number of thioether (sulfide) groups is 1. The summed E-state index contributed by atoms with van der Waals surface area (Å²) in [7, 11) is -17.6. The number of aromatic nitrogens is 4. The van der Waals surface area contributed by atoms with Crippen molar-refractivity contribution >= 4 is 69.1 Å². The number of nitrogens with two attached hydrogens (primary N) is 1. The number of allylic oxidation sites excluding steroid dienone is 1. The van der Waals surface area contributed by atoms with Crippen LogP contribution in [0, 0.1) is 23.2 Å². The lowest BCUT2D eigenvalue weighted by atomic mass is 9.87. The van der Waals surface area contributed by atoms with Crippen LogP contribution in [0.3, 0.4) is 0 Å². The molecule has 6 N–H and O–H groups in total. The molecule has 388 valence electrons. The lowest BCUT2D eigenvalue weighted by Crippen LogP contribution is -2.46. The minimum Gasteiger partial charge on any atom is -0.790 e. The Morgan fingerprint density at radius 1 is 0.956 bits per heavy atom. The van der Waals surface area contributed by atoms with Crippen molar-refractivity contribution in [1.82, 2.24) is 30.2 Å². The molecule has 28 heteroatoms. The fourth-order valence-corrected chi connectivity index (χ4v) is 10.4. The summed E-state index contributed by atoms with van der Waals surface area (Å²) in [4.78, 5) is 97.4. The fourth-order valence-electron chi connectivity index (χ4n) is 7.01. The molecule has 2 amide bonds. The molecule has 2 aromatic rings. The molecule has 1 fully saturated rings. The highest BCUT2D eigenvalue weighted by Crippen LogP contribution is 2.56. The van der Waals surface area contributed by atoms with Gasteiger partial charge in [-0.15, -0.1) is 0 Å². The Kier molecular flexibility index (Phi) is 23.9. The normalized spacial score (nSPS) is 21.3. The van der Waals surface area contributed by atoms with Gasteiger partial charge in [0.05, 0.1) is 27.4 Å². The first-order chi connectivity index (χ1) is 31.6. The molecule has 24 nitrogen and oxygen atoms in total. The number of hydrogen-bond acceptors (Lipinski definition) is 22. The second kappa shape index (κ2) is 27.2. The van der Waals surface area contributed by atoms with Crippen LogP contribution in [-0.4, -0.2) is 103 Å². The number of carbonyl (C=O) groups excluding carboxylic acids is 3. The van der Waals surface area contributed by atoms with Crippen molar-refractivity contribution in [2.24, 2.45) is 23.2 Å². The number of phosphoric ester groups is 3. The van der Waals surface area contributed by atoms with Crippen LogP contribution in [0.2, 0.25) is 0 Å². The molecule has 9 atom stereocenters. The van der Waals surface area contributed by atoms with Crippen LogP contribution in [0.5, 0.6) is 0 Å². The number of aliphatic hydroxyl groups is 2. The van der Waals surface area contributed by atoms with Crippen molar-refractivity contribution in [3.8, 4) is 0 Å². The van der Waals surface area contributed by atoms with Gasteiger partial charge in [0.15, 0.2) is 17.7 Å². The summed E-state index contributed by atoms with van der Waals surface area (Å²) in [6.07, 6.45) is 3.66. The first kappa shape index (κ1) is 59.6. The maximum atomic E-state index is 12.7. The highest BCUT2D eigenvalue weighted by molar-refractivity contribution is 8.14. The second-order valence-electron chi connectivity index (χ2n) is 18.0. The Morgan fingerprint density at radius 2 is 1.59 bits per heavy atom. The van der Waals surface area contributed by atoms with Crippen molar-refractivity contribution in [1.29, 1.82) is 0 Å². The fraction of sp³-hybridized carbons (Fsp3) is 0.750. The molecule has 2 aromatic heterocycles. The second-order valence-corrected chi connectivity index (χ2v) is 23.2. The predicted molar refractivity (Wildman–Crippen MR) is 242 cm³/mol. The van der Waals surface area contributed by atoms with E-state index in [1.807, 2.05) is 6.08 Å². The number of rotatable bonds is 31. The third kappa shape index (κ3) is 20.6. The molecule has 1 saturated heterocycles. The first-order valence-corrected chi connectivity index (χ1v) is 27.6. The summed E-state index contributed by atoms with van der Waals surface area (Å²) in [6.45, 7) is 11.0. The van der Waals surface area contributed by atoms with Gasteiger partial charge >= 0.3 is 0 Å². The van der Waals surface area contributed by atoms with Gasteiger partial charge in [-0.3, -0.25) is 28.1 Å². The van der Waals surface area contributed by atoms with Gasteiger partial charge in [-0.05, 0) is 43.1 Å². The van der Waals surface area contributed by atoms with E-state index in [1.165, 1.54) is 52.4 Å². The number of nitrogen functional groups attached to an aromatic ring is 1. The number of imidazole rings is 1. The topological polar surface area (TPSA) is 375 Å². The Labute approximate surface area is 400 Å². The lowest BCUT2D eigenvalue weighted by molar-refractivity contribution is -0.347. The van der Waals surface area contributed by atoms with Gasteiger partial charge in [0.2, 0.25) is 16.9 Å². The van der Waals surface area contributed by atoms with E-state index >= 15 is 0 Å². The molecular formula is C40H66N7O17P3S-4. The average Bonchev–Trinajstić information content (AvgIpc) is 3.80. The molecule has 3 rings (SSSR count). The molecule has 0 aliphatic carbocycles. The number of anilines is 1. The SMILES string of the molecule is C/C(=C\CCC(C)CCCC(C)CCCC(C)C)C(=O)SCCNC(=O)CCNC(=O)[C@H](O)C(C)(C)COP(=O)([O-])OP(=O)([O-])OC[C@H]1O[C@@H](n2cnc3c(N)ncnc32)[C@H](O)[C@@H]1OP(=O)([O-])[O-]. The van der Waals surface area contributed by atoms with Gasteiger partial charge in [0.25, 0.3) is 15.6 Å². The zero-order valence-corrected chi connectivity index (χ0v) is 42.9. The van der Waals surface area contributed by atoms with Crippen molar-refractivity contribution in [3.63, 3.8) is 0 Å². The van der Waals surface area contributed by atoms with E-state index in [1.54, 1.807) is 6.92 Å². The van der Waals surface area contributed by atoms with Crippen molar-refractivity contribution in [3.05, 3.63) is 24.3 Å². The van der Waals surface area contributed by atoms with Crippen LogP contribution in [0.25, 0.3) is 11.2 Å². The Morgan fingerprint density at radius 3 is 2.24 bits per heavy atom. The molecule has 0 spiro atoms. The van der Waals surface area contributed by atoms with Crippen LogP contribution >= 0.6 is 35.2 Å². The van der Waals surface area contributed by atoms with Crippen LogP contribution in [0.15, 0.2) is 24.3 Å². The van der Waals surface area contributed by atoms with Gasteiger partial charge in [-0.1, -0.05) is 97.9 Å². The third-order valence-corrected chi connectivity index (χ3v) is 15.0. The number of fused-ring (bicyclic) bond motifs is 1. The lowest BCUT2D eigenvalue weighted by Gasteiger charge is -2.36. The van der Waals surface area contributed by atoms with Gasteiger partial charge in [-0.2, -0.15) is 0 Å². The van der Waals surface area contributed by atoms with E-state index in [2.05, 4.69) is 71.2 Å². The van der Waals surface area contributed by atoms with Gasteiger partial charge in [0, 0.05) is 30.7 Å². The number of aliphatic hydroxyl groups excluding tert-OH is 2. The minimum atomic E-state index is -5.93. The van der Waals surface area contributed by atoms with Crippen LogP contribution < -0.4 is 35.9 Å². The smallest absolute Gasteiger partial charge is 0.274 e. The van der Waals surface area contributed by atoms with Gasteiger partial charge in [0.1, 0.15) is 36.3 Å². The van der Waals surface area contributed by atoms with E-state index < -0.39 is 84.6 Å². The summed E-state index contributed by atoms with van der Waals surface area (Å²) in [6, 6.07) is 0. The predicted octanol–water partition coefficient (Wildman–Crippen LogP) is 2.13. The highest BCUT2D eigenvalue weighted by Gasteiger charge is 2.47. The highest BCUT2D eigenvalue weighted by atomic mass is 32.2. The number of nitrogens with zero attached hydrogens (tertiary/aromatic N) is 4. The van der Waals surface area contributed by atoms with Gasteiger partial charge in [-0.25, -0.2) is 19.3 Å². The molecule has 0 radical (unpaired) electrons. The van der Waals surface area contributed by atoms with Crippen LogP contribution in [0.4, 0.5) is 5.82 Å². The number of hydrogen-bond donors (Lipinski definition) is 5. The molecule has 68 heavy (non-hydrogen) atoms. The maximum absolute atomic E-state index is 12.7. The summed E-state index contributed by atoms with van der Waals surface area (Å²) < 4.78 is 60.9. The van der Waals surface area contributed by atoms with Crippen molar-refractivity contribution < 1.29 is 80.5 Å². The van der Waals surface area contributed by atoms with Crippen LogP contribution in [0.1, 0.15) is 112 Å². The Bertz CT molecular complexity index is 2140. The minimum absolute atomic E-state index is 0.0201. The third-order valence-electron chi connectivity index (χ3n) is 11.0. The first-order valence-electron chi connectivity index (χ1n) is 22.3. The zero-order chi connectivity index (χ0) is 51.0. The molecule has 0 bridgehead atoms. The quantitative estimate of drug-likeness (QED) is 0.0410. The number of nitrogens with one attached hydrogen (secondary N) is 2.